The van der Waals surface area contributed by atoms with Crippen LogP contribution in [0, 0.1) is 5.95 Å². The number of aromatic nitrogens is 2. The number of hydrogen-bond acceptors (Lipinski definition) is 7. The van der Waals surface area contributed by atoms with Gasteiger partial charge in [0.15, 0.2) is 5.13 Å². The molecule has 1 aliphatic heterocycles. The average Bonchev–Trinajstić information content (AvgIpc) is 3.26. The van der Waals surface area contributed by atoms with Crippen LogP contribution in [-0.4, -0.2) is 66.1 Å². The zero-order valence-corrected chi connectivity index (χ0v) is 20.0. The molecule has 0 bridgehead atoms. The third kappa shape index (κ3) is 5.01. The van der Waals surface area contributed by atoms with Gasteiger partial charge >= 0.3 is 0 Å². The van der Waals surface area contributed by atoms with Crippen LogP contribution in [0.2, 0.25) is 0 Å². The van der Waals surface area contributed by atoms with E-state index in [4.69, 9.17) is 9.47 Å². The minimum Gasteiger partial charge on any atom is -0.479 e. The topological polar surface area (TPSA) is 125 Å². The van der Waals surface area contributed by atoms with E-state index in [2.05, 4.69) is 15.3 Å². The number of carbonyl (C=O) groups excluding carboxylic acids is 2. The summed E-state index contributed by atoms with van der Waals surface area (Å²) in [6.07, 6.45) is 1.38. The molecule has 1 aliphatic rings. The van der Waals surface area contributed by atoms with Crippen molar-refractivity contribution in [1.82, 2.24) is 14.9 Å². The summed E-state index contributed by atoms with van der Waals surface area (Å²) in [6, 6.07) is 6.42. The van der Waals surface area contributed by atoms with E-state index in [1.807, 2.05) is 6.92 Å². The highest BCUT2D eigenvalue weighted by Gasteiger charge is 2.27. The van der Waals surface area contributed by atoms with E-state index in [9.17, 15) is 14.0 Å². The zero-order valence-electron chi connectivity index (χ0n) is 19.2. The molecule has 0 unspecified atom stereocenters. The van der Waals surface area contributed by atoms with Gasteiger partial charge in [0.2, 0.25) is 11.8 Å². The Hall–Kier alpha value is -3.15. The van der Waals surface area contributed by atoms with Crippen molar-refractivity contribution in [2.45, 2.75) is 25.7 Å². The maximum Gasteiger partial charge on any atom is 0.257 e. The first-order valence-electron chi connectivity index (χ1n) is 10.7. The minimum absolute atomic E-state index is 0. The van der Waals surface area contributed by atoms with Gasteiger partial charge in [0.1, 0.15) is 5.52 Å². The Balaban J connectivity index is 0.00000324. The van der Waals surface area contributed by atoms with Gasteiger partial charge in [0.05, 0.1) is 11.8 Å². The third-order valence-corrected chi connectivity index (χ3v) is 6.76. The van der Waals surface area contributed by atoms with E-state index in [0.29, 0.717) is 64.6 Å². The molecule has 2 aromatic heterocycles. The molecular formula is C23H27FN4O5S. The van der Waals surface area contributed by atoms with Crippen LogP contribution >= 0.6 is 11.3 Å². The molecule has 1 fully saturated rings. The van der Waals surface area contributed by atoms with Crippen LogP contribution in [0.3, 0.4) is 0 Å². The Morgan fingerprint density at radius 2 is 1.85 bits per heavy atom. The molecule has 0 saturated carbocycles. The number of ether oxygens (including phenoxy) is 2. The molecule has 4 rings (SSSR count). The molecule has 0 atom stereocenters. The summed E-state index contributed by atoms with van der Waals surface area (Å²) < 4.78 is 26.2. The Kier molecular flexibility index (Phi) is 8.13. The van der Waals surface area contributed by atoms with Gasteiger partial charge in [-0.2, -0.15) is 9.37 Å². The van der Waals surface area contributed by atoms with Crippen LogP contribution in [0.25, 0.3) is 10.2 Å². The molecule has 34 heavy (non-hydrogen) atoms. The highest BCUT2D eigenvalue weighted by molar-refractivity contribution is 7.22. The summed E-state index contributed by atoms with van der Waals surface area (Å²) in [5.41, 5.74) is 1.80. The van der Waals surface area contributed by atoms with Crippen LogP contribution in [-0.2, 0) is 4.74 Å². The van der Waals surface area contributed by atoms with Gasteiger partial charge in [-0.05, 0) is 49.9 Å². The Labute approximate surface area is 200 Å². The summed E-state index contributed by atoms with van der Waals surface area (Å²) in [5.74, 6) is -1.02. The van der Waals surface area contributed by atoms with E-state index < -0.39 is 5.95 Å². The third-order valence-electron chi connectivity index (χ3n) is 5.75. The van der Waals surface area contributed by atoms with Crippen molar-refractivity contribution in [1.29, 1.82) is 0 Å². The van der Waals surface area contributed by atoms with Crippen LogP contribution in [0.15, 0.2) is 24.3 Å². The molecule has 9 nitrogen and oxygen atoms in total. The number of pyridine rings is 1. The van der Waals surface area contributed by atoms with Gasteiger partial charge in [0.25, 0.3) is 11.8 Å². The number of amides is 2. The molecule has 3 N–H and O–H groups in total. The lowest BCUT2D eigenvalue weighted by Gasteiger charge is -2.22. The highest BCUT2D eigenvalue weighted by atomic mass is 32.1. The summed E-state index contributed by atoms with van der Waals surface area (Å²) in [6.45, 7) is 3.61. The number of thiazole rings is 1. The zero-order chi connectivity index (χ0) is 23.5. The second-order valence-electron chi connectivity index (χ2n) is 7.76. The quantitative estimate of drug-likeness (QED) is 0.529. The SMILES string of the molecule is CCN(C)C(=O)c1ccc(C(=O)Nc2nc3c(OC)nc(F)c(C4CCOCC4)c3s2)cc1.O. The Bertz CT molecular complexity index is 1180. The number of methoxy groups -OCH3 is 1. The number of halogens is 1. The molecule has 3 heterocycles. The molecule has 0 spiro atoms. The van der Waals surface area contributed by atoms with Gasteiger partial charge in [-0.15, -0.1) is 0 Å². The average molecular weight is 491 g/mol. The fourth-order valence-electron chi connectivity index (χ4n) is 3.78. The predicted molar refractivity (Wildman–Crippen MR) is 127 cm³/mol. The number of nitrogens with one attached hydrogen (secondary N) is 1. The second-order valence-corrected chi connectivity index (χ2v) is 8.76. The number of carbonyl (C=O) groups is 2. The predicted octanol–water partition coefficient (Wildman–Crippen LogP) is 3.25. The standard InChI is InChI=1S/C23H25FN4O4S.H2O/c1-4-28(2)22(30)15-7-5-14(6-8-15)20(29)27-23-25-17-18(33-23)16(13-9-11-32-12-10-13)19(24)26-21(17)31-3;/h5-8,13H,4,9-12H2,1-3H3,(H,25,27,29);1H2. The summed E-state index contributed by atoms with van der Waals surface area (Å²) >= 11 is 1.19. The van der Waals surface area contributed by atoms with Gasteiger partial charge < -0.3 is 19.8 Å². The molecule has 2 amide bonds. The monoisotopic (exact) mass is 490 g/mol. The lowest BCUT2D eigenvalue weighted by atomic mass is 9.92. The van der Waals surface area contributed by atoms with E-state index >= 15 is 0 Å². The fraction of sp³-hybridized carbons (Fsp3) is 0.391. The van der Waals surface area contributed by atoms with Gasteiger partial charge in [-0.3, -0.25) is 14.9 Å². The van der Waals surface area contributed by atoms with Gasteiger partial charge in [0, 0.05) is 43.5 Å². The molecule has 1 saturated heterocycles. The summed E-state index contributed by atoms with van der Waals surface area (Å²) in [4.78, 5) is 35.1. The molecule has 1 aromatic carbocycles. The van der Waals surface area contributed by atoms with Crippen LogP contribution < -0.4 is 10.1 Å². The van der Waals surface area contributed by atoms with Gasteiger partial charge in [-0.25, -0.2) is 4.98 Å². The maximum absolute atomic E-state index is 14.9. The van der Waals surface area contributed by atoms with Crippen molar-refractivity contribution >= 4 is 38.5 Å². The number of nitrogens with zero attached hydrogens (tertiary/aromatic N) is 3. The highest BCUT2D eigenvalue weighted by Crippen LogP contribution is 2.41. The number of hydrogen-bond donors (Lipinski definition) is 1. The minimum atomic E-state index is -0.579. The number of anilines is 1. The first-order valence-corrected chi connectivity index (χ1v) is 11.5. The molecule has 0 aliphatic carbocycles. The summed E-state index contributed by atoms with van der Waals surface area (Å²) in [7, 11) is 3.13. The first kappa shape index (κ1) is 25.5. The smallest absolute Gasteiger partial charge is 0.257 e. The lowest BCUT2D eigenvalue weighted by Crippen LogP contribution is -2.26. The van der Waals surface area contributed by atoms with Crippen molar-refractivity contribution in [3.63, 3.8) is 0 Å². The number of benzene rings is 1. The number of fused-ring (bicyclic) bond motifs is 1. The first-order chi connectivity index (χ1) is 15.9. The van der Waals surface area contributed by atoms with Gasteiger partial charge in [-0.1, -0.05) is 11.3 Å². The second kappa shape index (κ2) is 10.9. The molecule has 182 valence electrons. The molecule has 3 aromatic rings. The Morgan fingerprint density at radius 3 is 2.47 bits per heavy atom. The number of rotatable bonds is 6. The van der Waals surface area contributed by atoms with Crippen LogP contribution in [0.4, 0.5) is 9.52 Å². The van der Waals surface area contributed by atoms with E-state index in [0.717, 1.165) is 0 Å². The van der Waals surface area contributed by atoms with Crippen molar-refractivity contribution in [2.75, 3.05) is 39.2 Å². The van der Waals surface area contributed by atoms with Crippen molar-refractivity contribution in [3.8, 4) is 5.88 Å². The van der Waals surface area contributed by atoms with E-state index in [1.165, 1.54) is 18.4 Å². The van der Waals surface area contributed by atoms with E-state index in [1.54, 1.807) is 36.2 Å². The molecular weight excluding hydrogens is 463 g/mol. The molecule has 11 heteroatoms. The fourth-order valence-corrected chi connectivity index (χ4v) is 4.84. The Morgan fingerprint density at radius 1 is 1.21 bits per heavy atom. The largest absolute Gasteiger partial charge is 0.479 e. The van der Waals surface area contributed by atoms with E-state index in [-0.39, 0.29) is 29.1 Å². The summed E-state index contributed by atoms with van der Waals surface area (Å²) in [5, 5.41) is 3.09. The van der Waals surface area contributed by atoms with Crippen molar-refractivity contribution in [2.24, 2.45) is 0 Å². The van der Waals surface area contributed by atoms with Crippen LogP contribution in [0.1, 0.15) is 52.0 Å². The van der Waals surface area contributed by atoms with Crippen molar-refractivity contribution < 1.29 is 28.9 Å². The molecule has 0 radical (unpaired) electrons. The normalized spacial score (nSPS) is 13.9. The maximum atomic E-state index is 14.9. The van der Waals surface area contributed by atoms with Crippen molar-refractivity contribution in [3.05, 3.63) is 46.9 Å². The lowest BCUT2D eigenvalue weighted by molar-refractivity contribution is 0.0801. The van der Waals surface area contributed by atoms with Crippen LogP contribution in [0.5, 0.6) is 5.88 Å².